The molecule has 0 amide bonds. The zero-order valence-electron chi connectivity index (χ0n) is 6.98. The second-order valence-corrected chi connectivity index (χ2v) is 2.69. The first kappa shape index (κ1) is 7.09. The van der Waals surface area contributed by atoms with Crippen LogP contribution in [0.3, 0.4) is 0 Å². The summed E-state index contributed by atoms with van der Waals surface area (Å²) in [6.07, 6.45) is 3.48. The minimum absolute atomic E-state index is 0.834. The smallest absolute Gasteiger partial charge is 0.124 e. The molecule has 0 saturated heterocycles. The molecule has 0 bridgehead atoms. The largest absolute Gasteiger partial charge is 0.364 e. The molecule has 0 aliphatic rings. The highest BCUT2D eigenvalue weighted by molar-refractivity contribution is 5.59. The van der Waals surface area contributed by atoms with Crippen molar-refractivity contribution in [2.24, 2.45) is 7.05 Å². The summed E-state index contributed by atoms with van der Waals surface area (Å²) < 4.78 is 6.51. The van der Waals surface area contributed by atoms with Crippen molar-refractivity contribution in [1.82, 2.24) is 14.9 Å². The molecule has 62 valence electrons. The summed E-state index contributed by atoms with van der Waals surface area (Å²) in [5.74, 6) is 0. The van der Waals surface area contributed by atoms with Crippen LogP contribution in [0.1, 0.15) is 5.69 Å². The third-order valence-corrected chi connectivity index (χ3v) is 1.73. The number of nitrogens with zero attached hydrogens (tertiary/aromatic N) is 3. The minimum atomic E-state index is 0.834. The highest BCUT2D eigenvalue weighted by atomic mass is 16.5. The maximum Gasteiger partial charge on any atom is 0.124 e. The van der Waals surface area contributed by atoms with Gasteiger partial charge in [0, 0.05) is 24.9 Å². The van der Waals surface area contributed by atoms with E-state index in [4.69, 9.17) is 4.52 Å². The van der Waals surface area contributed by atoms with Gasteiger partial charge in [0.25, 0.3) is 0 Å². The Morgan fingerprint density at radius 3 is 2.83 bits per heavy atom. The van der Waals surface area contributed by atoms with Gasteiger partial charge in [-0.3, -0.25) is 4.68 Å². The summed E-state index contributed by atoms with van der Waals surface area (Å²) in [5.41, 5.74) is 2.82. The van der Waals surface area contributed by atoms with Gasteiger partial charge in [-0.15, -0.1) is 0 Å². The van der Waals surface area contributed by atoms with E-state index in [0.717, 1.165) is 17.0 Å². The normalized spacial score (nSPS) is 10.5. The fraction of sp³-hybridized carbons (Fsp3) is 0.250. The molecule has 0 saturated carbocycles. The molecule has 0 aliphatic heterocycles. The van der Waals surface area contributed by atoms with Crippen LogP contribution in [-0.2, 0) is 7.05 Å². The molecule has 2 aromatic heterocycles. The molecule has 0 N–H and O–H groups in total. The van der Waals surface area contributed by atoms with E-state index >= 15 is 0 Å². The van der Waals surface area contributed by atoms with Crippen molar-refractivity contribution >= 4 is 0 Å². The minimum Gasteiger partial charge on any atom is -0.364 e. The molecule has 0 aliphatic carbocycles. The van der Waals surface area contributed by atoms with Crippen molar-refractivity contribution in [3.8, 4) is 11.3 Å². The van der Waals surface area contributed by atoms with E-state index in [1.807, 2.05) is 26.2 Å². The van der Waals surface area contributed by atoms with E-state index in [2.05, 4.69) is 10.3 Å². The van der Waals surface area contributed by atoms with Gasteiger partial charge >= 0.3 is 0 Å². The lowest BCUT2D eigenvalue weighted by atomic mass is 10.2. The molecule has 0 atom stereocenters. The first-order valence-corrected chi connectivity index (χ1v) is 3.68. The fourth-order valence-corrected chi connectivity index (χ4v) is 1.20. The first-order chi connectivity index (χ1) is 5.77. The summed E-state index contributed by atoms with van der Waals surface area (Å²) in [4.78, 5) is 0. The quantitative estimate of drug-likeness (QED) is 0.638. The van der Waals surface area contributed by atoms with Crippen LogP contribution in [0, 0.1) is 6.92 Å². The van der Waals surface area contributed by atoms with Crippen LogP contribution < -0.4 is 0 Å². The highest BCUT2D eigenvalue weighted by Crippen LogP contribution is 2.19. The lowest BCUT2D eigenvalue weighted by Gasteiger charge is -1.87. The Hall–Kier alpha value is -1.58. The van der Waals surface area contributed by atoms with Gasteiger partial charge in [0.05, 0.1) is 5.69 Å². The third-order valence-electron chi connectivity index (χ3n) is 1.73. The van der Waals surface area contributed by atoms with Crippen LogP contribution in [0.5, 0.6) is 0 Å². The lowest BCUT2D eigenvalue weighted by Crippen LogP contribution is -1.86. The maximum absolute atomic E-state index is 4.75. The molecular formula is C8H9N3O. The molecule has 2 heterocycles. The van der Waals surface area contributed by atoms with Crippen molar-refractivity contribution in [2.45, 2.75) is 6.92 Å². The number of aryl methyl sites for hydroxylation is 2. The summed E-state index contributed by atoms with van der Waals surface area (Å²) in [6.45, 7) is 1.95. The summed E-state index contributed by atoms with van der Waals surface area (Å²) in [6, 6.07) is 1.82. The second kappa shape index (κ2) is 2.48. The predicted octanol–water partition coefficient (Wildman–Crippen LogP) is 1.38. The Balaban J connectivity index is 2.54. The number of hydrogen-bond acceptors (Lipinski definition) is 3. The molecule has 0 radical (unpaired) electrons. The Kier molecular flexibility index (Phi) is 1.46. The molecule has 2 aromatic rings. The molecule has 0 fully saturated rings. The first-order valence-electron chi connectivity index (χ1n) is 3.68. The van der Waals surface area contributed by atoms with E-state index < -0.39 is 0 Å². The van der Waals surface area contributed by atoms with Gasteiger partial charge in [-0.25, -0.2) is 0 Å². The topological polar surface area (TPSA) is 43.9 Å². The molecule has 0 spiro atoms. The number of hydrogen-bond donors (Lipinski definition) is 0. The summed E-state index contributed by atoms with van der Waals surface area (Å²) in [7, 11) is 1.89. The van der Waals surface area contributed by atoms with Gasteiger partial charge < -0.3 is 4.52 Å². The zero-order chi connectivity index (χ0) is 8.55. The molecule has 4 nitrogen and oxygen atoms in total. The van der Waals surface area contributed by atoms with Gasteiger partial charge in [-0.1, -0.05) is 5.16 Å². The van der Waals surface area contributed by atoms with E-state index in [9.17, 15) is 0 Å². The van der Waals surface area contributed by atoms with Crippen molar-refractivity contribution in [1.29, 1.82) is 0 Å². The van der Waals surface area contributed by atoms with Crippen molar-refractivity contribution in [2.75, 3.05) is 0 Å². The Labute approximate surface area is 69.8 Å². The van der Waals surface area contributed by atoms with Crippen LogP contribution in [0.25, 0.3) is 11.3 Å². The molecule has 0 aromatic carbocycles. The Morgan fingerprint density at radius 2 is 2.33 bits per heavy atom. The Morgan fingerprint density at radius 1 is 1.50 bits per heavy atom. The van der Waals surface area contributed by atoms with Gasteiger partial charge in [-0.05, 0) is 6.92 Å². The average molecular weight is 163 g/mol. The van der Waals surface area contributed by atoms with Gasteiger partial charge in [-0.2, -0.15) is 5.10 Å². The lowest BCUT2D eigenvalue weighted by molar-refractivity contribution is 0.422. The standard InChI is InChI=1S/C8H9N3O/c1-6-7(5-11(2)9-6)8-3-4-12-10-8/h3-5H,1-2H3. The SMILES string of the molecule is Cc1nn(C)cc1-c1ccon1. The van der Waals surface area contributed by atoms with E-state index in [1.54, 1.807) is 10.9 Å². The monoisotopic (exact) mass is 163 g/mol. The average Bonchev–Trinajstić information content (AvgIpc) is 2.58. The van der Waals surface area contributed by atoms with Crippen LogP contribution in [0.15, 0.2) is 23.0 Å². The Bertz CT molecular complexity index is 375. The van der Waals surface area contributed by atoms with Gasteiger partial charge in [0.1, 0.15) is 12.0 Å². The van der Waals surface area contributed by atoms with Gasteiger partial charge in [0.15, 0.2) is 0 Å². The second-order valence-electron chi connectivity index (χ2n) is 2.69. The fourth-order valence-electron chi connectivity index (χ4n) is 1.20. The molecule has 4 heteroatoms. The van der Waals surface area contributed by atoms with Crippen LogP contribution >= 0.6 is 0 Å². The van der Waals surface area contributed by atoms with E-state index in [-0.39, 0.29) is 0 Å². The maximum atomic E-state index is 4.75. The van der Waals surface area contributed by atoms with Crippen molar-refractivity contribution in [3.05, 3.63) is 24.2 Å². The summed E-state index contributed by atoms with van der Waals surface area (Å²) >= 11 is 0. The van der Waals surface area contributed by atoms with Crippen LogP contribution in [0.4, 0.5) is 0 Å². The number of aromatic nitrogens is 3. The van der Waals surface area contributed by atoms with Crippen molar-refractivity contribution in [3.63, 3.8) is 0 Å². The predicted molar refractivity (Wildman–Crippen MR) is 43.4 cm³/mol. The van der Waals surface area contributed by atoms with Crippen LogP contribution in [-0.4, -0.2) is 14.9 Å². The molecular weight excluding hydrogens is 154 g/mol. The summed E-state index contributed by atoms with van der Waals surface area (Å²) in [5, 5.41) is 8.03. The van der Waals surface area contributed by atoms with Gasteiger partial charge in [0.2, 0.25) is 0 Å². The molecule has 12 heavy (non-hydrogen) atoms. The van der Waals surface area contributed by atoms with E-state index in [1.165, 1.54) is 0 Å². The van der Waals surface area contributed by atoms with Crippen molar-refractivity contribution < 1.29 is 4.52 Å². The van der Waals surface area contributed by atoms with E-state index in [0.29, 0.717) is 0 Å². The molecule has 2 rings (SSSR count). The number of rotatable bonds is 1. The third kappa shape index (κ3) is 1.01. The molecule has 0 unspecified atom stereocenters. The highest BCUT2D eigenvalue weighted by Gasteiger charge is 2.07. The van der Waals surface area contributed by atoms with Crippen LogP contribution in [0.2, 0.25) is 0 Å². The zero-order valence-corrected chi connectivity index (χ0v) is 6.98.